The van der Waals surface area contributed by atoms with Gasteiger partial charge < -0.3 is 0 Å². The van der Waals surface area contributed by atoms with Crippen LogP contribution >= 0.6 is 35.0 Å². The normalized spacial score (nSPS) is 10.2. The molecule has 0 fully saturated rings. The molecule has 6 heteroatoms. The van der Waals surface area contributed by atoms with Gasteiger partial charge in [-0.3, -0.25) is 10.2 Å². The number of nitrogens with two attached hydrogens (primary N) is 1. The fourth-order valence-corrected chi connectivity index (χ4v) is 2.56. The minimum Gasteiger partial charge on any atom is -0.294 e. The van der Waals surface area contributed by atoms with Crippen LogP contribution in [0.15, 0.2) is 18.2 Å². The Morgan fingerprint density at radius 2 is 2.19 bits per heavy atom. The minimum atomic E-state index is -0.158. The van der Waals surface area contributed by atoms with Crippen LogP contribution in [0.1, 0.15) is 12.0 Å². The second-order valence-corrected chi connectivity index (χ2v) is 5.05. The number of thioether (sulfide) groups is 1. The summed E-state index contributed by atoms with van der Waals surface area (Å²) in [4.78, 5) is 10.8. The van der Waals surface area contributed by atoms with Crippen molar-refractivity contribution < 1.29 is 4.79 Å². The second kappa shape index (κ2) is 7.01. The zero-order chi connectivity index (χ0) is 12.0. The summed E-state index contributed by atoms with van der Waals surface area (Å²) in [5, 5.41) is 1.28. The third kappa shape index (κ3) is 4.61. The Morgan fingerprint density at radius 1 is 1.44 bits per heavy atom. The third-order valence-electron chi connectivity index (χ3n) is 1.91. The van der Waals surface area contributed by atoms with Crippen LogP contribution in [0.3, 0.4) is 0 Å². The summed E-state index contributed by atoms with van der Waals surface area (Å²) in [6.07, 6.45) is 0.409. The van der Waals surface area contributed by atoms with Crippen LogP contribution in [0.4, 0.5) is 0 Å². The lowest BCUT2D eigenvalue weighted by Crippen LogP contribution is -2.30. The number of carbonyl (C=O) groups is 1. The van der Waals surface area contributed by atoms with Gasteiger partial charge in [0.15, 0.2) is 0 Å². The molecule has 0 aromatic heterocycles. The average molecular weight is 279 g/mol. The van der Waals surface area contributed by atoms with Gasteiger partial charge in [-0.2, -0.15) is 11.8 Å². The Kier molecular flexibility index (Phi) is 5.98. The largest absolute Gasteiger partial charge is 0.294 e. The van der Waals surface area contributed by atoms with Crippen LogP contribution < -0.4 is 11.3 Å². The molecule has 1 amide bonds. The summed E-state index contributed by atoms with van der Waals surface area (Å²) in [6.45, 7) is 0. The molecule has 0 radical (unpaired) electrons. The van der Waals surface area contributed by atoms with Crippen LogP contribution in [-0.2, 0) is 10.5 Å². The summed E-state index contributed by atoms with van der Waals surface area (Å²) >= 11 is 13.4. The smallest absolute Gasteiger partial charge is 0.234 e. The van der Waals surface area contributed by atoms with Gasteiger partial charge in [-0.1, -0.05) is 29.3 Å². The number of amides is 1. The summed E-state index contributed by atoms with van der Waals surface area (Å²) in [7, 11) is 0. The quantitative estimate of drug-likeness (QED) is 0.377. The van der Waals surface area contributed by atoms with Crippen molar-refractivity contribution in [1.82, 2.24) is 5.43 Å². The van der Waals surface area contributed by atoms with E-state index >= 15 is 0 Å². The van der Waals surface area contributed by atoms with Crippen LogP contribution in [0.2, 0.25) is 10.0 Å². The van der Waals surface area contributed by atoms with Crippen molar-refractivity contribution in [2.24, 2.45) is 5.84 Å². The lowest BCUT2D eigenvalue weighted by Gasteiger charge is -2.04. The lowest BCUT2D eigenvalue weighted by atomic mass is 10.2. The van der Waals surface area contributed by atoms with Crippen molar-refractivity contribution >= 4 is 40.9 Å². The molecule has 3 nitrogen and oxygen atoms in total. The zero-order valence-electron chi connectivity index (χ0n) is 8.50. The zero-order valence-corrected chi connectivity index (χ0v) is 10.8. The van der Waals surface area contributed by atoms with Gasteiger partial charge in [0.25, 0.3) is 0 Å². The van der Waals surface area contributed by atoms with Crippen molar-refractivity contribution in [1.29, 1.82) is 0 Å². The Balaban J connectivity index is 2.35. The minimum absolute atomic E-state index is 0.158. The molecule has 0 aliphatic heterocycles. The van der Waals surface area contributed by atoms with E-state index in [0.717, 1.165) is 11.3 Å². The van der Waals surface area contributed by atoms with Gasteiger partial charge in [-0.05, 0) is 17.7 Å². The maximum absolute atomic E-state index is 10.8. The van der Waals surface area contributed by atoms with Crippen LogP contribution in [0.5, 0.6) is 0 Å². The molecule has 16 heavy (non-hydrogen) atoms. The number of halogens is 2. The number of hydrogen-bond acceptors (Lipinski definition) is 3. The summed E-state index contributed by atoms with van der Waals surface area (Å²) in [5.74, 6) is 6.27. The Labute approximate surface area is 109 Å². The van der Waals surface area contributed by atoms with Crippen molar-refractivity contribution in [3.8, 4) is 0 Å². The maximum atomic E-state index is 10.8. The topological polar surface area (TPSA) is 55.1 Å². The van der Waals surface area contributed by atoms with Crippen molar-refractivity contribution in [3.63, 3.8) is 0 Å². The van der Waals surface area contributed by atoms with E-state index in [0.29, 0.717) is 22.2 Å². The van der Waals surface area contributed by atoms with E-state index in [9.17, 15) is 4.79 Å². The lowest BCUT2D eigenvalue weighted by molar-refractivity contribution is -0.120. The Bertz CT molecular complexity index is 374. The number of nitrogens with one attached hydrogen (secondary N) is 1. The molecular weight excluding hydrogens is 267 g/mol. The van der Waals surface area contributed by atoms with Crippen LogP contribution in [-0.4, -0.2) is 11.7 Å². The molecule has 0 heterocycles. The van der Waals surface area contributed by atoms with E-state index < -0.39 is 0 Å². The Morgan fingerprint density at radius 3 is 2.81 bits per heavy atom. The first kappa shape index (κ1) is 13.6. The third-order valence-corrected chi connectivity index (χ3v) is 3.50. The highest BCUT2D eigenvalue weighted by Gasteiger charge is 2.02. The summed E-state index contributed by atoms with van der Waals surface area (Å²) < 4.78 is 0. The monoisotopic (exact) mass is 278 g/mol. The molecule has 1 aromatic carbocycles. The van der Waals surface area contributed by atoms with Gasteiger partial charge in [0.1, 0.15) is 0 Å². The fourth-order valence-electron chi connectivity index (χ4n) is 1.06. The van der Waals surface area contributed by atoms with Gasteiger partial charge in [0.2, 0.25) is 5.91 Å². The van der Waals surface area contributed by atoms with Crippen molar-refractivity contribution in [3.05, 3.63) is 33.8 Å². The Hall–Kier alpha value is -0.420. The number of carbonyl (C=O) groups excluding carboxylic acids is 1. The standard InChI is InChI=1S/C10H12Cl2N2OS/c11-8-2-1-7(9(12)5-8)6-16-4-3-10(15)14-13/h1-2,5H,3-4,6,13H2,(H,14,15). The highest BCUT2D eigenvalue weighted by molar-refractivity contribution is 7.98. The highest BCUT2D eigenvalue weighted by Crippen LogP contribution is 2.24. The molecule has 0 aliphatic carbocycles. The molecule has 1 aromatic rings. The van der Waals surface area contributed by atoms with E-state index in [-0.39, 0.29) is 5.91 Å². The van der Waals surface area contributed by atoms with Crippen LogP contribution in [0, 0.1) is 0 Å². The molecule has 0 aliphatic rings. The second-order valence-electron chi connectivity index (χ2n) is 3.11. The maximum Gasteiger partial charge on any atom is 0.234 e. The molecule has 0 saturated carbocycles. The molecule has 0 bridgehead atoms. The van der Waals surface area contributed by atoms with E-state index in [1.165, 1.54) is 0 Å². The number of rotatable bonds is 5. The number of benzene rings is 1. The molecule has 88 valence electrons. The van der Waals surface area contributed by atoms with E-state index in [4.69, 9.17) is 29.0 Å². The van der Waals surface area contributed by atoms with Crippen molar-refractivity contribution in [2.45, 2.75) is 12.2 Å². The molecule has 0 spiro atoms. The molecule has 0 unspecified atom stereocenters. The number of hydrogen-bond donors (Lipinski definition) is 2. The summed E-state index contributed by atoms with van der Waals surface area (Å²) in [5.41, 5.74) is 3.10. The SMILES string of the molecule is NNC(=O)CCSCc1ccc(Cl)cc1Cl. The van der Waals surface area contributed by atoms with Gasteiger partial charge >= 0.3 is 0 Å². The number of hydrazine groups is 1. The van der Waals surface area contributed by atoms with Gasteiger partial charge in [-0.15, -0.1) is 0 Å². The molecule has 3 N–H and O–H groups in total. The van der Waals surface area contributed by atoms with Crippen LogP contribution in [0.25, 0.3) is 0 Å². The first-order valence-electron chi connectivity index (χ1n) is 4.64. The fraction of sp³-hybridized carbons (Fsp3) is 0.300. The first-order chi connectivity index (χ1) is 7.63. The summed E-state index contributed by atoms with van der Waals surface area (Å²) in [6, 6.07) is 5.40. The predicted molar refractivity (Wildman–Crippen MR) is 69.6 cm³/mol. The van der Waals surface area contributed by atoms with Gasteiger partial charge in [0, 0.05) is 28.0 Å². The van der Waals surface area contributed by atoms with E-state index in [1.807, 2.05) is 6.07 Å². The average Bonchev–Trinajstić information content (AvgIpc) is 2.26. The van der Waals surface area contributed by atoms with Crippen molar-refractivity contribution in [2.75, 3.05) is 5.75 Å². The molecule has 1 rings (SSSR count). The molecule has 0 atom stereocenters. The van der Waals surface area contributed by atoms with E-state index in [1.54, 1.807) is 23.9 Å². The molecular formula is C10H12Cl2N2OS. The highest BCUT2D eigenvalue weighted by atomic mass is 35.5. The van der Waals surface area contributed by atoms with Gasteiger partial charge in [0.05, 0.1) is 0 Å². The predicted octanol–water partition coefficient (Wildman–Crippen LogP) is 2.61. The molecule has 0 saturated heterocycles. The first-order valence-corrected chi connectivity index (χ1v) is 6.55. The van der Waals surface area contributed by atoms with Gasteiger partial charge in [-0.25, -0.2) is 5.84 Å². The van der Waals surface area contributed by atoms with E-state index in [2.05, 4.69) is 5.43 Å².